The first kappa shape index (κ1) is 27.9. The molecule has 1 aliphatic heterocycles. The van der Waals surface area contributed by atoms with Crippen LogP contribution in [0.15, 0.2) is 91.2 Å². The van der Waals surface area contributed by atoms with E-state index in [-0.39, 0.29) is 17.6 Å². The highest BCUT2D eigenvalue weighted by molar-refractivity contribution is 6.32. The molecule has 0 spiro atoms. The number of primary amides is 1. The number of ether oxygens (including phenoxy) is 2. The standard InChI is InChI=1S/C32H37ClN2O3/c1-4-20-37-28-17-11-12-24(29(28)33)23-38-27-21-35(22-27)31(2,3)18-19-32(30(34)36,25-13-7-5-8-14-25)26-15-9-6-10-16-26/h4-17,20,27H,18-19,21-23H2,1-3H3,(H2,34,36)/b20-4+. The van der Waals surface area contributed by atoms with E-state index in [1.54, 1.807) is 6.26 Å². The molecule has 4 rings (SSSR count). The Balaban J connectivity index is 1.40. The van der Waals surface area contributed by atoms with Crippen molar-refractivity contribution >= 4 is 17.5 Å². The Bertz CT molecular complexity index is 1200. The maximum Gasteiger partial charge on any atom is 0.232 e. The number of nitrogens with zero attached hydrogens (tertiary/aromatic N) is 1. The predicted octanol–water partition coefficient (Wildman–Crippen LogP) is 6.48. The second kappa shape index (κ2) is 12.2. The van der Waals surface area contributed by atoms with Crippen LogP contribution in [-0.2, 0) is 21.6 Å². The van der Waals surface area contributed by atoms with Gasteiger partial charge in [0, 0.05) is 24.2 Å². The summed E-state index contributed by atoms with van der Waals surface area (Å²) in [6.07, 6.45) is 4.95. The van der Waals surface area contributed by atoms with Crippen LogP contribution in [0.4, 0.5) is 0 Å². The lowest BCUT2D eigenvalue weighted by Crippen LogP contribution is -2.61. The van der Waals surface area contributed by atoms with E-state index in [2.05, 4.69) is 18.7 Å². The van der Waals surface area contributed by atoms with E-state index >= 15 is 0 Å². The molecule has 5 nitrogen and oxygen atoms in total. The summed E-state index contributed by atoms with van der Waals surface area (Å²) in [4.78, 5) is 15.5. The van der Waals surface area contributed by atoms with Crippen LogP contribution in [0.5, 0.6) is 5.75 Å². The summed E-state index contributed by atoms with van der Waals surface area (Å²) in [6.45, 7) is 8.41. The van der Waals surface area contributed by atoms with E-state index in [9.17, 15) is 4.79 Å². The molecular weight excluding hydrogens is 496 g/mol. The highest BCUT2D eigenvalue weighted by Crippen LogP contribution is 2.40. The monoisotopic (exact) mass is 532 g/mol. The fraction of sp³-hybridized carbons (Fsp3) is 0.344. The van der Waals surface area contributed by atoms with Gasteiger partial charge in [0.15, 0.2) is 0 Å². The van der Waals surface area contributed by atoms with E-state index in [0.29, 0.717) is 23.8 Å². The lowest BCUT2D eigenvalue weighted by atomic mass is 9.69. The molecule has 6 heteroatoms. The number of allylic oxidation sites excluding steroid dienone is 1. The maximum atomic E-state index is 13.1. The van der Waals surface area contributed by atoms with Crippen LogP contribution in [0.25, 0.3) is 0 Å². The molecule has 2 N–H and O–H groups in total. The van der Waals surface area contributed by atoms with Crippen LogP contribution in [0.3, 0.4) is 0 Å². The quantitative estimate of drug-likeness (QED) is 0.271. The first-order valence-electron chi connectivity index (χ1n) is 13.1. The minimum Gasteiger partial charge on any atom is -0.464 e. The van der Waals surface area contributed by atoms with Crippen molar-refractivity contribution in [1.29, 1.82) is 0 Å². The number of halogens is 1. The van der Waals surface area contributed by atoms with Crippen molar-refractivity contribution < 1.29 is 14.3 Å². The third-order valence-corrected chi connectivity index (χ3v) is 8.05. The topological polar surface area (TPSA) is 64.8 Å². The second-order valence-electron chi connectivity index (χ2n) is 10.5. The third-order valence-electron chi connectivity index (χ3n) is 7.62. The minimum absolute atomic E-state index is 0.120. The van der Waals surface area contributed by atoms with E-state index in [4.69, 9.17) is 26.8 Å². The van der Waals surface area contributed by atoms with Crippen molar-refractivity contribution in [2.24, 2.45) is 5.73 Å². The van der Waals surface area contributed by atoms with Gasteiger partial charge in [0.2, 0.25) is 5.91 Å². The number of hydrogen-bond acceptors (Lipinski definition) is 4. The summed E-state index contributed by atoms with van der Waals surface area (Å²) >= 11 is 6.51. The van der Waals surface area contributed by atoms with Crippen molar-refractivity contribution in [3.05, 3.63) is 113 Å². The molecule has 0 bridgehead atoms. The maximum absolute atomic E-state index is 13.1. The van der Waals surface area contributed by atoms with Crippen molar-refractivity contribution in [2.75, 3.05) is 13.1 Å². The Morgan fingerprint density at radius 3 is 2.13 bits per heavy atom. The first-order chi connectivity index (χ1) is 18.3. The molecule has 3 aromatic carbocycles. The van der Waals surface area contributed by atoms with Crippen LogP contribution in [0.2, 0.25) is 5.02 Å². The highest BCUT2D eigenvalue weighted by atomic mass is 35.5. The van der Waals surface area contributed by atoms with Crippen molar-refractivity contribution in [3.63, 3.8) is 0 Å². The van der Waals surface area contributed by atoms with Crippen LogP contribution in [0, 0.1) is 0 Å². The van der Waals surface area contributed by atoms with Crippen LogP contribution < -0.4 is 10.5 Å². The summed E-state index contributed by atoms with van der Waals surface area (Å²) in [5.74, 6) is 0.296. The molecule has 0 atom stereocenters. The van der Waals surface area contributed by atoms with Gasteiger partial charge in [-0.25, -0.2) is 0 Å². The van der Waals surface area contributed by atoms with Gasteiger partial charge in [-0.2, -0.15) is 0 Å². The molecule has 1 amide bonds. The lowest BCUT2D eigenvalue weighted by molar-refractivity contribution is -0.123. The number of nitrogens with two attached hydrogens (primary N) is 1. The van der Waals surface area contributed by atoms with Crippen molar-refractivity contribution in [3.8, 4) is 5.75 Å². The van der Waals surface area contributed by atoms with E-state index in [1.165, 1.54) is 0 Å². The zero-order valence-corrected chi connectivity index (χ0v) is 23.2. The van der Waals surface area contributed by atoms with Crippen LogP contribution >= 0.6 is 11.6 Å². The Kier molecular flexibility index (Phi) is 8.93. The van der Waals surface area contributed by atoms with Gasteiger partial charge < -0.3 is 15.2 Å². The molecular formula is C32H37ClN2O3. The molecule has 3 aromatic rings. The van der Waals surface area contributed by atoms with E-state index in [1.807, 2.05) is 91.9 Å². The predicted molar refractivity (Wildman–Crippen MR) is 153 cm³/mol. The third kappa shape index (κ3) is 5.96. The summed E-state index contributed by atoms with van der Waals surface area (Å²) in [6, 6.07) is 25.5. The van der Waals surface area contributed by atoms with E-state index in [0.717, 1.165) is 36.2 Å². The van der Waals surface area contributed by atoms with Crippen molar-refractivity contribution in [2.45, 2.75) is 57.3 Å². The molecule has 1 fully saturated rings. The average Bonchev–Trinajstić information content (AvgIpc) is 2.89. The van der Waals surface area contributed by atoms with Gasteiger partial charge in [-0.15, -0.1) is 0 Å². The molecule has 38 heavy (non-hydrogen) atoms. The SMILES string of the molecule is C/C=C/Oc1cccc(COC2CN(C(C)(C)CCC(C(N)=O)(c3ccccc3)c3ccccc3)C2)c1Cl. The number of carbonyl (C=O) groups is 1. The number of carbonyl (C=O) groups excluding carboxylic acids is 1. The van der Waals surface area contributed by atoms with Gasteiger partial charge in [-0.05, 0) is 50.8 Å². The summed E-state index contributed by atoms with van der Waals surface area (Å²) in [5.41, 5.74) is 7.89. The van der Waals surface area contributed by atoms with Gasteiger partial charge in [0.05, 0.1) is 29.4 Å². The summed E-state index contributed by atoms with van der Waals surface area (Å²) < 4.78 is 11.7. The van der Waals surface area contributed by atoms with Gasteiger partial charge in [0.25, 0.3) is 0 Å². The Hall–Kier alpha value is -3.12. The molecule has 0 saturated carbocycles. The molecule has 0 unspecified atom stereocenters. The number of rotatable bonds is 12. The highest BCUT2D eigenvalue weighted by Gasteiger charge is 2.44. The smallest absolute Gasteiger partial charge is 0.232 e. The molecule has 0 aliphatic carbocycles. The van der Waals surface area contributed by atoms with Gasteiger partial charge >= 0.3 is 0 Å². The summed E-state index contributed by atoms with van der Waals surface area (Å²) in [5, 5.41) is 0.576. The number of benzene rings is 3. The van der Waals surface area contributed by atoms with Crippen molar-refractivity contribution in [1.82, 2.24) is 4.90 Å². The first-order valence-corrected chi connectivity index (χ1v) is 13.5. The molecule has 1 aliphatic rings. The molecule has 1 heterocycles. The zero-order valence-electron chi connectivity index (χ0n) is 22.4. The number of likely N-dealkylation sites (tertiary alicyclic amines) is 1. The molecule has 0 aromatic heterocycles. The molecule has 1 saturated heterocycles. The Morgan fingerprint density at radius 1 is 0.974 bits per heavy atom. The fourth-order valence-electron chi connectivity index (χ4n) is 5.11. The Morgan fingerprint density at radius 2 is 1.58 bits per heavy atom. The Labute approximate surface area is 231 Å². The average molecular weight is 533 g/mol. The van der Waals surface area contributed by atoms with E-state index < -0.39 is 5.41 Å². The van der Waals surface area contributed by atoms with Gasteiger partial charge in [-0.3, -0.25) is 9.69 Å². The second-order valence-corrected chi connectivity index (χ2v) is 10.8. The minimum atomic E-state index is -0.892. The zero-order chi connectivity index (χ0) is 27.2. The molecule has 200 valence electrons. The fourth-order valence-corrected chi connectivity index (χ4v) is 5.33. The van der Waals surface area contributed by atoms with Crippen LogP contribution in [-0.4, -0.2) is 35.5 Å². The van der Waals surface area contributed by atoms with Gasteiger partial charge in [0.1, 0.15) is 5.75 Å². The molecule has 0 radical (unpaired) electrons. The summed E-state index contributed by atoms with van der Waals surface area (Å²) in [7, 11) is 0. The normalized spacial score (nSPS) is 14.9. The number of amides is 1. The lowest BCUT2D eigenvalue weighted by Gasteiger charge is -2.50. The van der Waals surface area contributed by atoms with Gasteiger partial charge in [-0.1, -0.05) is 90.5 Å². The van der Waals surface area contributed by atoms with Crippen LogP contribution in [0.1, 0.15) is 50.3 Å². The largest absolute Gasteiger partial charge is 0.464 e. The number of hydrogen-bond donors (Lipinski definition) is 1.